The van der Waals surface area contributed by atoms with Crippen LogP contribution >= 0.6 is 15.9 Å². The Morgan fingerprint density at radius 3 is 2.95 bits per heavy atom. The first-order valence-electron chi connectivity index (χ1n) is 7.62. The molecular formula is C15H26BrN3O. The summed E-state index contributed by atoms with van der Waals surface area (Å²) in [5.41, 5.74) is 1.28. The largest absolute Gasteiger partial charge is 0.383 e. The minimum absolute atomic E-state index is 0.381. The zero-order chi connectivity index (χ0) is 14.5. The maximum atomic E-state index is 5.20. The lowest BCUT2D eigenvalue weighted by atomic mass is 9.88. The number of nitrogens with one attached hydrogen (secondary N) is 1. The second kappa shape index (κ2) is 7.57. The van der Waals surface area contributed by atoms with Crippen LogP contribution in [-0.4, -0.2) is 30.0 Å². The van der Waals surface area contributed by atoms with Crippen molar-refractivity contribution in [1.29, 1.82) is 0 Å². The van der Waals surface area contributed by atoms with Crippen LogP contribution in [-0.2, 0) is 11.3 Å². The molecule has 1 saturated carbocycles. The molecule has 0 saturated heterocycles. The number of hydrogen-bond acceptors (Lipinski definition) is 3. The predicted octanol–water partition coefficient (Wildman–Crippen LogP) is 3.38. The summed E-state index contributed by atoms with van der Waals surface area (Å²) in [5, 5.41) is 8.19. The average Bonchev–Trinajstić information content (AvgIpc) is 3.01. The fraction of sp³-hybridized carbons (Fsp3) is 0.800. The van der Waals surface area contributed by atoms with Gasteiger partial charge in [0.25, 0.3) is 0 Å². The van der Waals surface area contributed by atoms with E-state index < -0.39 is 0 Å². The summed E-state index contributed by atoms with van der Waals surface area (Å²) in [6.45, 7) is 7.04. The van der Waals surface area contributed by atoms with Crippen LogP contribution in [0.15, 0.2) is 10.7 Å². The summed E-state index contributed by atoms with van der Waals surface area (Å²) in [4.78, 5) is 0. The summed E-state index contributed by atoms with van der Waals surface area (Å²) in [6, 6.07) is 0.381. The van der Waals surface area contributed by atoms with Gasteiger partial charge < -0.3 is 10.1 Å². The molecule has 20 heavy (non-hydrogen) atoms. The molecular weight excluding hydrogens is 318 g/mol. The van der Waals surface area contributed by atoms with Gasteiger partial charge in [-0.1, -0.05) is 26.7 Å². The van der Waals surface area contributed by atoms with E-state index in [2.05, 4.69) is 44.9 Å². The first kappa shape index (κ1) is 16.0. The van der Waals surface area contributed by atoms with Gasteiger partial charge in [-0.2, -0.15) is 5.10 Å². The SMILES string of the molecule is CCNC(c1c(Br)cnn1CCOC)C1CCCC1C. The van der Waals surface area contributed by atoms with Gasteiger partial charge in [0.1, 0.15) is 0 Å². The van der Waals surface area contributed by atoms with Crippen molar-refractivity contribution in [3.63, 3.8) is 0 Å². The molecule has 5 heteroatoms. The van der Waals surface area contributed by atoms with Gasteiger partial charge in [-0.25, -0.2) is 0 Å². The van der Waals surface area contributed by atoms with Crippen molar-refractivity contribution in [3.05, 3.63) is 16.4 Å². The Morgan fingerprint density at radius 1 is 1.55 bits per heavy atom. The van der Waals surface area contributed by atoms with Crippen LogP contribution in [0.1, 0.15) is 44.8 Å². The summed E-state index contributed by atoms with van der Waals surface area (Å²) in [5.74, 6) is 1.47. The van der Waals surface area contributed by atoms with Gasteiger partial charge in [-0.3, -0.25) is 4.68 Å². The van der Waals surface area contributed by atoms with Crippen LogP contribution < -0.4 is 5.32 Å². The highest BCUT2D eigenvalue weighted by Gasteiger charge is 2.34. The molecule has 0 spiro atoms. The topological polar surface area (TPSA) is 39.1 Å². The minimum Gasteiger partial charge on any atom is -0.383 e. The third-order valence-electron chi connectivity index (χ3n) is 4.42. The predicted molar refractivity (Wildman–Crippen MR) is 84.7 cm³/mol. The van der Waals surface area contributed by atoms with Crippen LogP contribution in [0, 0.1) is 11.8 Å². The Labute approximate surface area is 130 Å². The van der Waals surface area contributed by atoms with Crippen molar-refractivity contribution in [2.24, 2.45) is 11.8 Å². The van der Waals surface area contributed by atoms with E-state index in [1.54, 1.807) is 7.11 Å². The van der Waals surface area contributed by atoms with E-state index in [0.29, 0.717) is 18.6 Å². The molecule has 3 unspecified atom stereocenters. The highest BCUT2D eigenvalue weighted by molar-refractivity contribution is 9.10. The molecule has 1 aromatic rings. The number of rotatable bonds is 7. The summed E-state index contributed by atoms with van der Waals surface area (Å²) < 4.78 is 8.40. The van der Waals surface area contributed by atoms with Crippen molar-refractivity contribution in [2.75, 3.05) is 20.3 Å². The molecule has 2 rings (SSSR count). The van der Waals surface area contributed by atoms with Gasteiger partial charge in [0.2, 0.25) is 0 Å². The molecule has 0 aromatic carbocycles. The Hall–Kier alpha value is -0.390. The smallest absolute Gasteiger partial charge is 0.0699 e. The molecule has 0 aliphatic heterocycles. The number of methoxy groups -OCH3 is 1. The number of hydrogen-bond donors (Lipinski definition) is 1. The second-order valence-corrected chi connectivity index (χ2v) is 6.56. The molecule has 1 heterocycles. The van der Waals surface area contributed by atoms with Crippen molar-refractivity contribution in [2.45, 2.75) is 45.7 Å². The van der Waals surface area contributed by atoms with Gasteiger partial charge in [-0.05, 0) is 40.7 Å². The van der Waals surface area contributed by atoms with Crippen LogP contribution in [0.4, 0.5) is 0 Å². The van der Waals surface area contributed by atoms with Gasteiger partial charge in [0, 0.05) is 7.11 Å². The normalized spacial score (nSPS) is 24.2. The first-order chi connectivity index (χ1) is 9.69. The van der Waals surface area contributed by atoms with E-state index in [1.807, 2.05) is 6.20 Å². The van der Waals surface area contributed by atoms with Crippen LogP contribution in [0.3, 0.4) is 0 Å². The lowest BCUT2D eigenvalue weighted by molar-refractivity contribution is 0.179. The lowest BCUT2D eigenvalue weighted by Gasteiger charge is -2.29. The van der Waals surface area contributed by atoms with Crippen LogP contribution in [0.5, 0.6) is 0 Å². The highest BCUT2D eigenvalue weighted by Crippen LogP contribution is 2.41. The van der Waals surface area contributed by atoms with Crippen molar-refractivity contribution in [3.8, 4) is 0 Å². The Bertz CT molecular complexity index is 421. The van der Waals surface area contributed by atoms with Gasteiger partial charge in [0.15, 0.2) is 0 Å². The third kappa shape index (κ3) is 3.43. The molecule has 4 nitrogen and oxygen atoms in total. The zero-order valence-electron chi connectivity index (χ0n) is 12.7. The molecule has 1 aliphatic carbocycles. The molecule has 1 N–H and O–H groups in total. The van der Waals surface area contributed by atoms with E-state index in [0.717, 1.165) is 23.5 Å². The Kier molecular flexibility index (Phi) is 6.05. The summed E-state index contributed by atoms with van der Waals surface area (Å²) >= 11 is 3.68. The average molecular weight is 344 g/mol. The molecule has 0 radical (unpaired) electrons. The van der Waals surface area contributed by atoms with Gasteiger partial charge >= 0.3 is 0 Å². The fourth-order valence-electron chi connectivity index (χ4n) is 3.38. The molecule has 114 valence electrons. The highest BCUT2D eigenvalue weighted by atomic mass is 79.9. The molecule has 1 aromatic heterocycles. The third-order valence-corrected chi connectivity index (χ3v) is 5.03. The maximum absolute atomic E-state index is 5.20. The second-order valence-electron chi connectivity index (χ2n) is 5.70. The summed E-state index contributed by atoms with van der Waals surface area (Å²) in [7, 11) is 1.74. The van der Waals surface area contributed by atoms with Gasteiger partial charge in [-0.15, -0.1) is 0 Å². The maximum Gasteiger partial charge on any atom is 0.0699 e. The van der Waals surface area contributed by atoms with Crippen LogP contribution in [0.25, 0.3) is 0 Å². The zero-order valence-corrected chi connectivity index (χ0v) is 14.3. The molecule has 0 amide bonds. The first-order valence-corrected chi connectivity index (χ1v) is 8.41. The van der Waals surface area contributed by atoms with Crippen molar-refractivity contribution >= 4 is 15.9 Å². The van der Waals surface area contributed by atoms with E-state index in [1.165, 1.54) is 25.0 Å². The Balaban J connectivity index is 2.26. The lowest BCUT2D eigenvalue weighted by Crippen LogP contribution is -2.32. The molecule has 1 aliphatic rings. The van der Waals surface area contributed by atoms with E-state index in [9.17, 15) is 0 Å². The standard InChI is InChI=1S/C15H26BrN3O/c1-4-17-14(12-7-5-6-11(12)2)15-13(16)10-18-19(15)8-9-20-3/h10-12,14,17H,4-9H2,1-3H3. The van der Waals surface area contributed by atoms with E-state index in [4.69, 9.17) is 4.74 Å². The molecule has 1 fully saturated rings. The number of aromatic nitrogens is 2. The quantitative estimate of drug-likeness (QED) is 0.824. The van der Waals surface area contributed by atoms with Crippen molar-refractivity contribution in [1.82, 2.24) is 15.1 Å². The Morgan fingerprint density at radius 2 is 2.35 bits per heavy atom. The van der Waals surface area contributed by atoms with E-state index >= 15 is 0 Å². The van der Waals surface area contributed by atoms with E-state index in [-0.39, 0.29) is 0 Å². The van der Waals surface area contributed by atoms with Crippen LogP contribution in [0.2, 0.25) is 0 Å². The number of nitrogens with zero attached hydrogens (tertiary/aromatic N) is 2. The minimum atomic E-state index is 0.381. The monoisotopic (exact) mass is 343 g/mol. The number of ether oxygens (including phenoxy) is 1. The van der Waals surface area contributed by atoms with Gasteiger partial charge in [0.05, 0.1) is 35.6 Å². The molecule has 3 atom stereocenters. The fourth-order valence-corrected chi connectivity index (χ4v) is 3.92. The number of halogens is 1. The molecule has 0 bridgehead atoms. The van der Waals surface area contributed by atoms with Crippen molar-refractivity contribution < 1.29 is 4.74 Å². The summed E-state index contributed by atoms with van der Waals surface area (Å²) in [6.07, 6.45) is 5.91.